The molecule has 0 saturated carbocycles. The van der Waals surface area contributed by atoms with Crippen LogP contribution in [0.5, 0.6) is 0 Å². The van der Waals surface area contributed by atoms with Gasteiger partial charge in [-0.2, -0.15) is 0 Å². The Kier molecular flexibility index (Phi) is 58.9. The fourth-order valence-corrected chi connectivity index (χ4v) is 8.35. The number of carbonyl (C=O) groups excluding carboxylic acids is 3. The second kappa shape index (κ2) is 62.4. The molecule has 0 aromatic carbocycles. The Morgan fingerprint density at radius 1 is 0.280 bits per heavy atom. The molecule has 6 heteroatoms. The van der Waals surface area contributed by atoms with Gasteiger partial charge in [0.05, 0.1) is 0 Å². The Balaban J connectivity index is 4.45. The first kappa shape index (κ1) is 70.8. The zero-order chi connectivity index (χ0) is 54.3. The quantitative estimate of drug-likeness (QED) is 0.0261. The van der Waals surface area contributed by atoms with Crippen LogP contribution in [0, 0.1) is 0 Å². The van der Waals surface area contributed by atoms with E-state index in [9.17, 15) is 14.4 Å². The molecule has 75 heavy (non-hydrogen) atoms. The number of hydrogen-bond acceptors (Lipinski definition) is 6. The van der Waals surface area contributed by atoms with E-state index >= 15 is 0 Å². The van der Waals surface area contributed by atoms with E-state index in [1.807, 2.05) is 0 Å². The molecule has 6 nitrogen and oxygen atoms in total. The summed E-state index contributed by atoms with van der Waals surface area (Å²) in [5.41, 5.74) is 0. The molecule has 0 bridgehead atoms. The van der Waals surface area contributed by atoms with E-state index in [0.717, 1.165) is 109 Å². The molecule has 0 fully saturated rings. The van der Waals surface area contributed by atoms with Crippen molar-refractivity contribution in [1.29, 1.82) is 0 Å². The summed E-state index contributed by atoms with van der Waals surface area (Å²) >= 11 is 0. The molecule has 1 atom stereocenters. The van der Waals surface area contributed by atoms with Gasteiger partial charge >= 0.3 is 17.9 Å². The predicted molar refractivity (Wildman–Crippen MR) is 325 cm³/mol. The van der Waals surface area contributed by atoms with Gasteiger partial charge in [0.2, 0.25) is 0 Å². The summed E-state index contributed by atoms with van der Waals surface area (Å²) < 4.78 is 16.9. The van der Waals surface area contributed by atoms with Crippen LogP contribution in [0.4, 0.5) is 0 Å². The minimum absolute atomic E-state index is 0.107. The lowest BCUT2D eigenvalue weighted by molar-refractivity contribution is -0.167. The largest absolute Gasteiger partial charge is 0.462 e. The molecule has 0 aliphatic heterocycles. The van der Waals surface area contributed by atoms with Crippen LogP contribution in [0.15, 0.2) is 122 Å². The van der Waals surface area contributed by atoms with E-state index < -0.39 is 6.10 Å². The molecule has 426 valence electrons. The summed E-state index contributed by atoms with van der Waals surface area (Å²) in [5.74, 6) is -0.975. The average molecular weight is 1040 g/mol. The molecule has 1 unspecified atom stereocenters. The van der Waals surface area contributed by atoms with E-state index in [2.05, 4.69) is 142 Å². The number of esters is 3. The van der Waals surface area contributed by atoms with Gasteiger partial charge in [0.1, 0.15) is 13.2 Å². The van der Waals surface area contributed by atoms with Crippen LogP contribution >= 0.6 is 0 Å². The van der Waals surface area contributed by atoms with E-state index in [-0.39, 0.29) is 37.5 Å². The predicted octanol–water partition coefficient (Wildman–Crippen LogP) is 21.2. The van der Waals surface area contributed by atoms with Gasteiger partial charge in [-0.15, -0.1) is 0 Å². The standard InChI is InChI=1S/C69H114O6/c1-4-7-10-13-16-19-22-25-28-31-32-33-34-35-36-39-41-44-47-50-53-56-59-62-68(71)74-65-66(75-69(72)63-60-57-54-51-48-45-42-38-30-27-24-21-18-15-12-9-6-3)64-73-67(70)61-58-55-52-49-46-43-40-37-29-26-23-20-17-14-11-8-5-2/h8-9,11-12,17-18,20-22,25-27,29-32,42,45,51,54,66H,4-7,10,13-16,19,23-24,28,33-41,43-44,46-50,52-53,55-65H2,1-3H3/b11-8-,12-9-,20-17-,21-18-,25-22-,29-26-,30-27-,32-31-,45-42-,54-51-. The summed E-state index contributed by atoms with van der Waals surface area (Å²) in [4.78, 5) is 38.3. The highest BCUT2D eigenvalue weighted by atomic mass is 16.6. The first-order valence-electron chi connectivity index (χ1n) is 31.0. The Bertz CT molecular complexity index is 1570. The van der Waals surface area contributed by atoms with Crippen molar-refractivity contribution in [1.82, 2.24) is 0 Å². The molecule has 0 radical (unpaired) electrons. The second-order valence-corrected chi connectivity index (χ2v) is 20.2. The molecule has 0 heterocycles. The normalized spacial score (nSPS) is 12.9. The van der Waals surface area contributed by atoms with Gasteiger partial charge in [0, 0.05) is 19.3 Å². The molecule has 0 aliphatic rings. The van der Waals surface area contributed by atoms with Crippen molar-refractivity contribution < 1.29 is 28.6 Å². The summed E-state index contributed by atoms with van der Waals surface area (Å²) in [7, 11) is 0. The molecule has 0 aliphatic carbocycles. The molecular weight excluding hydrogens is 925 g/mol. The zero-order valence-electron chi connectivity index (χ0n) is 48.8. The maximum absolute atomic E-state index is 12.9. The minimum atomic E-state index is -0.817. The smallest absolute Gasteiger partial charge is 0.306 e. The fraction of sp³-hybridized carbons (Fsp3) is 0.667. The summed E-state index contributed by atoms with van der Waals surface area (Å²) in [5, 5.41) is 0. The van der Waals surface area contributed by atoms with Crippen LogP contribution < -0.4 is 0 Å². The van der Waals surface area contributed by atoms with Gasteiger partial charge in [-0.1, -0.05) is 258 Å². The van der Waals surface area contributed by atoms with Crippen LogP contribution in [-0.4, -0.2) is 37.2 Å². The van der Waals surface area contributed by atoms with Crippen molar-refractivity contribution in [2.24, 2.45) is 0 Å². The number of rotatable bonds is 55. The monoisotopic (exact) mass is 1040 g/mol. The Hall–Kier alpha value is -4.19. The Morgan fingerprint density at radius 3 is 0.853 bits per heavy atom. The lowest BCUT2D eigenvalue weighted by Crippen LogP contribution is -2.30. The number of allylic oxidation sites excluding steroid dienone is 20. The van der Waals surface area contributed by atoms with Gasteiger partial charge in [0.25, 0.3) is 0 Å². The maximum atomic E-state index is 12.9. The molecule has 0 N–H and O–H groups in total. The highest BCUT2D eigenvalue weighted by molar-refractivity contribution is 5.71. The van der Waals surface area contributed by atoms with Gasteiger partial charge in [-0.05, 0) is 122 Å². The maximum Gasteiger partial charge on any atom is 0.306 e. The van der Waals surface area contributed by atoms with Crippen LogP contribution in [0.2, 0.25) is 0 Å². The number of ether oxygens (including phenoxy) is 3. The van der Waals surface area contributed by atoms with Crippen LogP contribution in [-0.2, 0) is 28.6 Å². The first-order valence-corrected chi connectivity index (χ1v) is 31.0. The highest BCUT2D eigenvalue weighted by Gasteiger charge is 2.19. The van der Waals surface area contributed by atoms with Crippen molar-refractivity contribution in [3.8, 4) is 0 Å². The lowest BCUT2D eigenvalue weighted by Gasteiger charge is -2.18. The van der Waals surface area contributed by atoms with Crippen LogP contribution in [0.3, 0.4) is 0 Å². The molecule has 0 saturated heterocycles. The Labute approximate surface area is 462 Å². The topological polar surface area (TPSA) is 78.9 Å². The van der Waals surface area contributed by atoms with Gasteiger partial charge < -0.3 is 14.2 Å². The third-order valence-electron chi connectivity index (χ3n) is 12.9. The third-order valence-corrected chi connectivity index (χ3v) is 12.9. The average Bonchev–Trinajstić information content (AvgIpc) is 3.41. The van der Waals surface area contributed by atoms with Gasteiger partial charge in [0.15, 0.2) is 6.10 Å². The van der Waals surface area contributed by atoms with E-state index in [1.54, 1.807) is 0 Å². The molecule has 0 rings (SSSR count). The third kappa shape index (κ3) is 60.6. The summed E-state index contributed by atoms with van der Waals surface area (Å²) in [6.07, 6.45) is 86.3. The van der Waals surface area contributed by atoms with Crippen molar-refractivity contribution in [2.45, 2.75) is 284 Å². The van der Waals surface area contributed by atoms with Crippen molar-refractivity contribution in [3.63, 3.8) is 0 Å². The Morgan fingerprint density at radius 2 is 0.533 bits per heavy atom. The van der Waals surface area contributed by atoms with Gasteiger partial charge in [-0.25, -0.2) is 0 Å². The van der Waals surface area contributed by atoms with Crippen molar-refractivity contribution >= 4 is 17.9 Å². The minimum Gasteiger partial charge on any atom is -0.462 e. The molecule has 0 amide bonds. The molecule has 0 aromatic heterocycles. The fourth-order valence-electron chi connectivity index (χ4n) is 8.35. The van der Waals surface area contributed by atoms with E-state index in [0.29, 0.717) is 19.3 Å². The van der Waals surface area contributed by atoms with Crippen molar-refractivity contribution in [3.05, 3.63) is 122 Å². The van der Waals surface area contributed by atoms with Crippen molar-refractivity contribution in [2.75, 3.05) is 13.2 Å². The highest BCUT2D eigenvalue weighted by Crippen LogP contribution is 2.15. The van der Waals surface area contributed by atoms with E-state index in [4.69, 9.17) is 14.2 Å². The van der Waals surface area contributed by atoms with Crippen LogP contribution in [0.1, 0.15) is 278 Å². The van der Waals surface area contributed by atoms with Crippen LogP contribution in [0.25, 0.3) is 0 Å². The summed E-state index contributed by atoms with van der Waals surface area (Å²) in [6.45, 7) is 6.36. The SMILES string of the molecule is CC/C=C\C/C=C\C/C=C\C/C=C\C/C=C\CCCC(=O)OC(COC(=O)CCCCCCCCC/C=C\C/C=C\C/C=C\CC)COC(=O)CCCCCCCCCCCCC/C=C\C/C=C\CCCCCCC. The number of carbonyl (C=O) groups is 3. The second-order valence-electron chi connectivity index (χ2n) is 20.2. The van der Waals surface area contributed by atoms with E-state index in [1.165, 1.54) is 122 Å². The number of hydrogen-bond donors (Lipinski definition) is 0. The molecular formula is C69H114O6. The first-order chi connectivity index (χ1) is 37.0. The molecule has 0 aromatic rings. The number of unbranched alkanes of at least 4 members (excludes halogenated alkanes) is 24. The van der Waals surface area contributed by atoms with Gasteiger partial charge in [-0.3, -0.25) is 14.4 Å². The molecule has 0 spiro atoms. The summed E-state index contributed by atoms with van der Waals surface area (Å²) in [6, 6.07) is 0. The lowest BCUT2D eigenvalue weighted by atomic mass is 10.0. The zero-order valence-corrected chi connectivity index (χ0v) is 48.8.